The van der Waals surface area contributed by atoms with Crippen LogP contribution in [0.3, 0.4) is 0 Å². The molecule has 3 heteroatoms. The van der Waals surface area contributed by atoms with Crippen LogP contribution >= 0.6 is 0 Å². The molecule has 1 aromatic carbocycles. The third kappa shape index (κ3) is 3.28. The van der Waals surface area contributed by atoms with E-state index in [2.05, 4.69) is 34.1 Å². The Labute approximate surface area is 108 Å². The Kier molecular flexibility index (Phi) is 3.64. The minimum absolute atomic E-state index is 0.635. The van der Waals surface area contributed by atoms with Crippen LogP contribution in [0.4, 0.5) is 0 Å². The largest absolute Gasteiger partial charge is 0.389 e. The molecule has 2 rings (SSSR count). The maximum atomic E-state index is 9.82. The number of aliphatic hydroxyl groups is 1. The molecule has 18 heavy (non-hydrogen) atoms. The van der Waals surface area contributed by atoms with Gasteiger partial charge in [-0.05, 0) is 32.5 Å². The van der Waals surface area contributed by atoms with Crippen LogP contribution in [0, 0.1) is 0 Å². The Morgan fingerprint density at radius 3 is 2.67 bits per heavy atom. The molecule has 96 valence electrons. The van der Waals surface area contributed by atoms with E-state index in [1.54, 1.807) is 0 Å². The number of hydrogen-bond donors (Lipinski definition) is 1. The van der Waals surface area contributed by atoms with Crippen LogP contribution in [0.15, 0.2) is 36.5 Å². The monoisotopic (exact) mass is 244 g/mol. The fourth-order valence-corrected chi connectivity index (χ4v) is 2.30. The Bertz CT molecular complexity index is 526. The molecule has 1 aromatic heterocycles. The normalized spacial score (nSPS) is 12.3. The van der Waals surface area contributed by atoms with E-state index in [4.69, 9.17) is 0 Å². The highest BCUT2D eigenvalue weighted by Gasteiger charge is 2.16. The summed E-state index contributed by atoms with van der Waals surface area (Å²) in [5.41, 5.74) is 1.56. The molecule has 3 nitrogen and oxygen atoms in total. The molecule has 2 aromatic rings. The Balaban J connectivity index is 2.21. The smallest absolute Gasteiger partial charge is 0.0746 e. The number of para-hydroxylation sites is 1. The minimum Gasteiger partial charge on any atom is -0.389 e. The summed E-state index contributed by atoms with van der Waals surface area (Å²) in [6.45, 7) is 5.07. The SMILES string of the molecule is CN(Cc1cccc2cccnc12)CC(C)(C)O. The lowest BCUT2D eigenvalue weighted by atomic mass is 10.1. The van der Waals surface area contributed by atoms with Gasteiger partial charge in [-0.2, -0.15) is 0 Å². The van der Waals surface area contributed by atoms with Crippen molar-refractivity contribution in [1.82, 2.24) is 9.88 Å². The lowest BCUT2D eigenvalue weighted by Gasteiger charge is -2.25. The number of benzene rings is 1. The van der Waals surface area contributed by atoms with Crippen LogP contribution < -0.4 is 0 Å². The van der Waals surface area contributed by atoms with Gasteiger partial charge in [-0.25, -0.2) is 0 Å². The molecule has 0 radical (unpaired) electrons. The first-order chi connectivity index (χ1) is 8.46. The summed E-state index contributed by atoms with van der Waals surface area (Å²) in [5.74, 6) is 0. The lowest BCUT2D eigenvalue weighted by Crippen LogP contribution is -2.35. The summed E-state index contributed by atoms with van der Waals surface area (Å²) in [6, 6.07) is 10.2. The zero-order valence-corrected chi connectivity index (χ0v) is 11.2. The third-order valence-corrected chi connectivity index (χ3v) is 2.81. The zero-order valence-electron chi connectivity index (χ0n) is 11.2. The van der Waals surface area contributed by atoms with Crippen molar-refractivity contribution in [2.24, 2.45) is 0 Å². The van der Waals surface area contributed by atoms with E-state index in [1.807, 2.05) is 33.2 Å². The predicted molar refractivity (Wildman–Crippen MR) is 74.4 cm³/mol. The molecule has 0 amide bonds. The van der Waals surface area contributed by atoms with Crippen molar-refractivity contribution in [2.75, 3.05) is 13.6 Å². The van der Waals surface area contributed by atoms with E-state index in [-0.39, 0.29) is 0 Å². The number of rotatable bonds is 4. The highest BCUT2D eigenvalue weighted by molar-refractivity contribution is 5.81. The van der Waals surface area contributed by atoms with Gasteiger partial charge >= 0.3 is 0 Å². The molecule has 1 N–H and O–H groups in total. The number of hydrogen-bond acceptors (Lipinski definition) is 3. The molecule has 0 fully saturated rings. The highest BCUT2D eigenvalue weighted by atomic mass is 16.3. The van der Waals surface area contributed by atoms with Crippen molar-refractivity contribution < 1.29 is 5.11 Å². The van der Waals surface area contributed by atoms with Gasteiger partial charge in [-0.3, -0.25) is 9.88 Å². The minimum atomic E-state index is -0.674. The molecule has 0 aliphatic heterocycles. The summed E-state index contributed by atoms with van der Waals surface area (Å²) < 4.78 is 0. The predicted octanol–water partition coefficient (Wildman–Crippen LogP) is 2.44. The van der Waals surface area contributed by atoms with E-state index in [0.717, 1.165) is 17.4 Å². The van der Waals surface area contributed by atoms with Crippen LogP contribution in [0.25, 0.3) is 10.9 Å². The van der Waals surface area contributed by atoms with Gasteiger partial charge in [0, 0.05) is 24.7 Å². The number of fused-ring (bicyclic) bond motifs is 1. The third-order valence-electron chi connectivity index (χ3n) is 2.81. The molecule has 0 aliphatic carbocycles. The van der Waals surface area contributed by atoms with Gasteiger partial charge < -0.3 is 5.11 Å². The molecular formula is C15H20N2O. The summed E-state index contributed by atoms with van der Waals surface area (Å²) in [7, 11) is 2.01. The van der Waals surface area contributed by atoms with E-state index in [1.165, 1.54) is 5.56 Å². The van der Waals surface area contributed by atoms with Gasteiger partial charge in [0.15, 0.2) is 0 Å². The topological polar surface area (TPSA) is 36.4 Å². The van der Waals surface area contributed by atoms with Crippen LogP contribution in [-0.2, 0) is 6.54 Å². The first-order valence-corrected chi connectivity index (χ1v) is 6.19. The maximum Gasteiger partial charge on any atom is 0.0746 e. The van der Waals surface area contributed by atoms with Crippen molar-refractivity contribution in [1.29, 1.82) is 0 Å². The van der Waals surface area contributed by atoms with Gasteiger partial charge in [-0.1, -0.05) is 24.3 Å². The average molecular weight is 244 g/mol. The van der Waals surface area contributed by atoms with Gasteiger partial charge in [0.1, 0.15) is 0 Å². The summed E-state index contributed by atoms with van der Waals surface area (Å²) in [6.07, 6.45) is 1.82. The van der Waals surface area contributed by atoms with E-state index in [9.17, 15) is 5.11 Å². The van der Waals surface area contributed by atoms with E-state index in [0.29, 0.717) is 6.54 Å². The van der Waals surface area contributed by atoms with Crippen molar-refractivity contribution in [2.45, 2.75) is 26.0 Å². The van der Waals surface area contributed by atoms with Crippen molar-refractivity contribution >= 4 is 10.9 Å². The van der Waals surface area contributed by atoms with Gasteiger partial charge in [0.05, 0.1) is 11.1 Å². The number of likely N-dealkylation sites (N-methyl/N-ethyl adjacent to an activating group) is 1. The summed E-state index contributed by atoms with van der Waals surface area (Å²) in [4.78, 5) is 6.56. The molecule has 0 unspecified atom stereocenters. The molecule has 0 spiro atoms. The highest BCUT2D eigenvalue weighted by Crippen LogP contribution is 2.17. The number of nitrogens with zero attached hydrogens (tertiary/aromatic N) is 2. The van der Waals surface area contributed by atoms with E-state index >= 15 is 0 Å². The van der Waals surface area contributed by atoms with Gasteiger partial charge in [0.2, 0.25) is 0 Å². The molecule has 0 saturated heterocycles. The quantitative estimate of drug-likeness (QED) is 0.897. The lowest BCUT2D eigenvalue weighted by molar-refractivity contribution is 0.0426. The zero-order chi connectivity index (χ0) is 13.2. The summed E-state index contributed by atoms with van der Waals surface area (Å²) in [5, 5.41) is 11.0. The van der Waals surface area contributed by atoms with Crippen molar-refractivity contribution in [3.8, 4) is 0 Å². The number of aromatic nitrogens is 1. The van der Waals surface area contributed by atoms with Crippen LogP contribution in [0.5, 0.6) is 0 Å². The molecule has 0 atom stereocenters. The first-order valence-electron chi connectivity index (χ1n) is 6.19. The standard InChI is InChI=1S/C15H20N2O/c1-15(2,18)11-17(3)10-13-7-4-6-12-8-5-9-16-14(12)13/h4-9,18H,10-11H2,1-3H3. The average Bonchev–Trinajstić information content (AvgIpc) is 2.27. The van der Waals surface area contributed by atoms with Gasteiger partial charge in [0.25, 0.3) is 0 Å². The fourth-order valence-electron chi connectivity index (χ4n) is 2.30. The number of pyridine rings is 1. The van der Waals surface area contributed by atoms with Crippen LogP contribution in [0.2, 0.25) is 0 Å². The summed E-state index contributed by atoms with van der Waals surface area (Å²) >= 11 is 0. The molecule has 0 saturated carbocycles. The van der Waals surface area contributed by atoms with Crippen molar-refractivity contribution in [3.05, 3.63) is 42.1 Å². The molecule has 0 bridgehead atoms. The Morgan fingerprint density at radius 2 is 1.94 bits per heavy atom. The second-order valence-corrected chi connectivity index (χ2v) is 5.48. The van der Waals surface area contributed by atoms with Crippen molar-refractivity contribution in [3.63, 3.8) is 0 Å². The van der Waals surface area contributed by atoms with Crippen LogP contribution in [-0.4, -0.2) is 34.2 Å². The molecule has 1 heterocycles. The van der Waals surface area contributed by atoms with Crippen LogP contribution in [0.1, 0.15) is 19.4 Å². The fraction of sp³-hybridized carbons (Fsp3) is 0.400. The first kappa shape index (κ1) is 13.0. The second-order valence-electron chi connectivity index (χ2n) is 5.48. The van der Waals surface area contributed by atoms with E-state index < -0.39 is 5.60 Å². The second kappa shape index (κ2) is 5.04. The Hall–Kier alpha value is -1.45. The molecular weight excluding hydrogens is 224 g/mol. The van der Waals surface area contributed by atoms with Gasteiger partial charge in [-0.15, -0.1) is 0 Å². The Morgan fingerprint density at radius 1 is 1.22 bits per heavy atom. The molecule has 0 aliphatic rings. The maximum absolute atomic E-state index is 9.82.